The maximum Gasteiger partial charge on any atom is 0.206 e. The van der Waals surface area contributed by atoms with Gasteiger partial charge >= 0.3 is 0 Å². The SMILES string of the molecule is CCC(C)(C)n1nnnc1S. The normalized spacial score (nSPS) is 12.0. The Bertz CT molecular complexity index is 242. The fourth-order valence-electron chi connectivity index (χ4n) is 0.724. The van der Waals surface area contributed by atoms with Crippen molar-refractivity contribution in [2.24, 2.45) is 0 Å². The molecule has 0 aliphatic heterocycles. The summed E-state index contributed by atoms with van der Waals surface area (Å²) in [7, 11) is 0. The maximum atomic E-state index is 4.12. The highest BCUT2D eigenvalue weighted by Gasteiger charge is 2.21. The van der Waals surface area contributed by atoms with Gasteiger partial charge in [-0.15, -0.1) is 17.7 Å². The molecule has 0 N–H and O–H groups in total. The van der Waals surface area contributed by atoms with Crippen molar-refractivity contribution in [3.05, 3.63) is 0 Å². The topological polar surface area (TPSA) is 43.6 Å². The first-order chi connectivity index (χ1) is 5.08. The van der Waals surface area contributed by atoms with Gasteiger partial charge in [-0.2, -0.15) is 0 Å². The highest BCUT2D eigenvalue weighted by molar-refractivity contribution is 7.80. The first kappa shape index (κ1) is 8.52. The lowest BCUT2D eigenvalue weighted by atomic mass is 10.0. The Kier molecular flexibility index (Phi) is 2.17. The highest BCUT2D eigenvalue weighted by atomic mass is 32.1. The molecule has 62 valence electrons. The van der Waals surface area contributed by atoms with E-state index in [2.05, 4.69) is 48.9 Å². The number of rotatable bonds is 2. The van der Waals surface area contributed by atoms with Crippen LogP contribution in [0.3, 0.4) is 0 Å². The molecular formula is C6H12N4S. The van der Waals surface area contributed by atoms with Crippen LogP contribution in [0, 0.1) is 0 Å². The van der Waals surface area contributed by atoms with Crippen LogP contribution >= 0.6 is 12.6 Å². The van der Waals surface area contributed by atoms with Gasteiger partial charge in [-0.25, -0.2) is 4.68 Å². The van der Waals surface area contributed by atoms with Gasteiger partial charge in [0, 0.05) is 0 Å². The summed E-state index contributed by atoms with van der Waals surface area (Å²) in [6, 6.07) is 0. The van der Waals surface area contributed by atoms with E-state index in [1.807, 2.05) is 0 Å². The second-order valence-corrected chi connectivity index (χ2v) is 3.46. The molecule has 1 heterocycles. The van der Waals surface area contributed by atoms with Crippen LogP contribution in [0.1, 0.15) is 27.2 Å². The molecule has 0 spiro atoms. The molecular weight excluding hydrogens is 160 g/mol. The van der Waals surface area contributed by atoms with E-state index in [-0.39, 0.29) is 5.54 Å². The molecule has 0 unspecified atom stereocenters. The lowest BCUT2D eigenvalue weighted by molar-refractivity contribution is 0.279. The minimum absolute atomic E-state index is 0.0411. The predicted molar refractivity (Wildman–Crippen MR) is 44.7 cm³/mol. The minimum Gasteiger partial charge on any atom is -0.215 e. The summed E-state index contributed by atoms with van der Waals surface area (Å²) in [5.41, 5.74) is -0.0411. The molecule has 5 heteroatoms. The van der Waals surface area contributed by atoms with Crippen LogP contribution in [0.25, 0.3) is 0 Å². The molecule has 0 aliphatic carbocycles. The van der Waals surface area contributed by atoms with E-state index in [0.29, 0.717) is 5.16 Å². The summed E-state index contributed by atoms with van der Waals surface area (Å²) < 4.78 is 1.72. The van der Waals surface area contributed by atoms with E-state index in [0.717, 1.165) is 6.42 Å². The maximum absolute atomic E-state index is 4.12. The third kappa shape index (κ3) is 1.53. The molecule has 0 amide bonds. The fraction of sp³-hybridized carbons (Fsp3) is 0.833. The Balaban J connectivity index is 3.00. The second-order valence-electron chi connectivity index (χ2n) is 3.06. The summed E-state index contributed by atoms with van der Waals surface area (Å²) in [4.78, 5) is 0. The van der Waals surface area contributed by atoms with E-state index in [4.69, 9.17) is 0 Å². The average Bonchev–Trinajstić information content (AvgIpc) is 2.36. The molecule has 0 saturated heterocycles. The summed E-state index contributed by atoms with van der Waals surface area (Å²) in [5, 5.41) is 11.6. The Morgan fingerprint density at radius 2 is 2.18 bits per heavy atom. The van der Waals surface area contributed by atoms with Crippen molar-refractivity contribution in [1.29, 1.82) is 0 Å². The van der Waals surface area contributed by atoms with Crippen molar-refractivity contribution in [3.8, 4) is 0 Å². The number of hydrogen-bond acceptors (Lipinski definition) is 4. The summed E-state index contributed by atoms with van der Waals surface area (Å²) in [5.74, 6) is 0. The largest absolute Gasteiger partial charge is 0.215 e. The van der Waals surface area contributed by atoms with Crippen LogP contribution in [0.15, 0.2) is 5.16 Å². The molecule has 4 nitrogen and oxygen atoms in total. The minimum atomic E-state index is -0.0411. The van der Waals surface area contributed by atoms with Crippen LogP contribution in [-0.4, -0.2) is 20.2 Å². The van der Waals surface area contributed by atoms with E-state index >= 15 is 0 Å². The van der Waals surface area contributed by atoms with E-state index < -0.39 is 0 Å². The monoisotopic (exact) mass is 172 g/mol. The first-order valence-corrected chi connectivity index (χ1v) is 4.00. The van der Waals surface area contributed by atoms with Gasteiger partial charge in [0.25, 0.3) is 0 Å². The summed E-state index contributed by atoms with van der Waals surface area (Å²) >= 11 is 4.12. The smallest absolute Gasteiger partial charge is 0.206 e. The molecule has 0 aromatic carbocycles. The van der Waals surface area contributed by atoms with Crippen LogP contribution in [0.5, 0.6) is 0 Å². The van der Waals surface area contributed by atoms with Crippen LogP contribution in [-0.2, 0) is 5.54 Å². The van der Waals surface area contributed by atoms with Crippen molar-refractivity contribution in [2.45, 2.75) is 37.9 Å². The molecule has 0 bridgehead atoms. The third-order valence-corrected chi connectivity index (χ3v) is 2.17. The average molecular weight is 172 g/mol. The van der Waals surface area contributed by atoms with E-state index in [1.165, 1.54) is 0 Å². The van der Waals surface area contributed by atoms with Gasteiger partial charge in [0.05, 0.1) is 5.54 Å². The van der Waals surface area contributed by atoms with E-state index in [9.17, 15) is 0 Å². The van der Waals surface area contributed by atoms with Crippen molar-refractivity contribution in [1.82, 2.24) is 20.2 Å². The molecule has 1 aromatic rings. The van der Waals surface area contributed by atoms with Gasteiger partial charge in [-0.1, -0.05) is 6.92 Å². The van der Waals surface area contributed by atoms with Gasteiger partial charge in [0.1, 0.15) is 0 Å². The molecule has 0 aliphatic rings. The van der Waals surface area contributed by atoms with Crippen molar-refractivity contribution in [3.63, 3.8) is 0 Å². The Labute approximate surface area is 71.4 Å². The lowest BCUT2D eigenvalue weighted by Gasteiger charge is -2.22. The van der Waals surface area contributed by atoms with Crippen molar-refractivity contribution >= 4 is 12.6 Å². The predicted octanol–water partition coefficient (Wildman–Crippen LogP) is 1.11. The van der Waals surface area contributed by atoms with Gasteiger partial charge in [-0.3, -0.25) is 0 Å². The van der Waals surface area contributed by atoms with Crippen LogP contribution in [0.2, 0.25) is 0 Å². The highest BCUT2D eigenvalue weighted by Crippen LogP contribution is 2.19. The van der Waals surface area contributed by atoms with Gasteiger partial charge < -0.3 is 0 Å². The van der Waals surface area contributed by atoms with Crippen molar-refractivity contribution < 1.29 is 0 Å². The zero-order valence-electron chi connectivity index (χ0n) is 6.94. The molecule has 0 fully saturated rings. The molecule has 11 heavy (non-hydrogen) atoms. The number of tetrazole rings is 1. The summed E-state index contributed by atoms with van der Waals surface area (Å²) in [6.07, 6.45) is 0.978. The molecule has 0 radical (unpaired) electrons. The van der Waals surface area contributed by atoms with E-state index in [1.54, 1.807) is 4.68 Å². The number of aromatic nitrogens is 4. The Hall–Kier alpha value is -0.580. The standard InChI is InChI=1S/C6H12N4S/c1-4-6(2,3)10-5(11)7-8-9-10/h4H2,1-3H3,(H,7,9,11). The molecule has 1 aromatic heterocycles. The second kappa shape index (κ2) is 2.81. The van der Waals surface area contributed by atoms with Gasteiger partial charge in [0.15, 0.2) is 0 Å². The Morgan fingerprint density at radius 3 is 2.55 bits per heavy atom. The number of nitrogens with zero attached hydrogens (tertiary/aromatic N) is 4. The lowest BCUT2D eigenvalue weighted by Crippen LogP contribution is -2.26. The van der Waals surface area contributed by atoms with Crippen LogP contribution in [0.4, 0.5) is 0 Å². The molecule has 0 atom stereocenters. The quantitative estimate of drug-likeness (QED) is 0.679. The zero-order chi connectivity index (χ0) is 8.48. The third-order valence-electron chi connectivity index (χ3n) is 1.89. The first-order valence-electron chi connectivity index (χ1n) is 3.56. The fourth-order valence-corrected chi connectivity index (χ4v) is 1.07. The summed E-state index contributed by atoms with van der Waals surface area (Å²) in [6.45, 7) is 6.24. The van der Waals surface area contributed by atoms with Gasteiger partial charge in [0.2, 0.25) is 5.16 Å². The van der Waals surface area contributed by atoms with Crippen LogP contribution < -0.4 is 0 Å². The Morgan fingerprint density at radius 1 is 1.55 bits per heavy atom. The zero-order valence-corrected chi connectivity index (χ0v) is 7.84. The number of thiol groups is 1. The van der Waals surface area contributed by atoms with Crippen molar-refractivity contribution in [2.75, 3.05) is 0 Å². The molecule has 1 rings (SSSR count). The number of hydrogen-bond donors (Lipinski definition) is 1. The molecule has 0 saturated carbocycles. The van der Waals surface area contributed by atoms with Gasteiger partial charge in [-0.05, 0) is 30.7 Å².